The van der Waals surface area contributed by atoms with E-state index in [1.165, 1.54) is 0 Å². The van der Waals surface area contributed by atoms with Gasteiger partial charge in [0.25, 0.3) is 0 Å². The monoisotopic (exact) mass is 179 g/mol. The smallest absolute Gasteiger partial charge is 0.0861 e. The lowest BCUT2D eigenvalue weighted by atomic mass is 10.4. The third-order valence-electron chi connectivity index (χ3n) is 1.19. The van der Waals surface area contributed by atoms with Crippen molar-refractivity contribution in [3.05, 3.63) is 0 Å². The summed E-state index contributed by atoms with van der Waals surface area (Å²) in [5, 5.41) is 20.6. The fraction of sp³-hybridized carbons (Fsp3) is 1.00. The van der Waals surface area contributed by atoms with Gasteiger partial charge in [-0.1, -0.05) is 6.92 Å². The zero-order valence-electron chi connectivity index (χ0n) is 6.92. The third kappa shape index (κ3) is 8.13. The molecular weight excluding hydrogens is 162 g/mol. The summed E-state index contributed by atoms with van der Waals surface area (Å²) in [7, 11) is 0. The van der Waals surface area contributed by atoms with Crippen LogP contribution in [0.1, 0.15) is 6.92 Å². The van der Waals surface area contributed by atoms with Crippen LogP contribution in [0.2, 0.25) is 0 Å². The molecule has 0 aliphatic heterocycles. The molecule has 4 heteroatoms. The van der Waals surface area contributed by atoms with E-state index < -0.39 is 6.10 Å². The molecule has 0 aromatic carbocycles. The van der Waals surface area contributed by atoms with Gasteiger partial charge >= 0.3 is 0 Å². The van der Waals surface area contributed by atoms with E-state index in [-0.39, 0.29) is 6.61 Å². The Labute approximate surface area is 72.2 Å². The highest BCUT2D eigenvalue weighted by molar-refractivity contribution is 7.99. The largest absolute Gasteiger partial charge is 0.394 e. The highest BCUT2D eigenvalue weighted by atomic mass is 32.2. The Morgan fingerprint density at radius 1 is 1.55 bits per heavy atom. The molecule has 1 atom stereocenters. The molecular formula is C7H17NO2S. The van der Waals surface area contributed by atoms with E-state index in [0.717, 1.165) is 18.8 Å². The highest BCUT2D eigenvalue weighted by Crippen LogP contribution is 2.00. The van der Waals surface area contributed by atoms with Gasteiger partial charge in [0.15, 0.2) is 0 Å². The summed E-state index contributed by atoms with van der Waals surface area (Å²) in [5.41, 5.74) is 0. The third-order valence-corrected chi connectivity index (χ3v) is 2.31. The molecule has 0 aromatic rings. The Morgan fingerprint density at radius 3 is 2.82 bits per heavy atom. The van der Waals surface area contributed by atoms with Gasteiger partial charge in [-0.3, -0.25) is 0 Å². The molecule has 0 fully saturated rings. The minimum absolute atomic E-state index is 0.131. The number of aliphatic hydroxyl groups excluding tert-OH is 2. The molecule has 0 saturated carbocycles. The minimum Gasteiger partial charge on any atom is -0.394 e. The van der Waals surface area contributed by atoms with Gasteiger partial charge in [0.1, 0.15) is 0 Å². The van der Waals surface area contributed by atoms with Crippen LogP contribution in [0, 0.1) is 0 Å². The van der Waals surface area contributed by atoms with E-state index in [1.54, 1.807) is 11.8 Å². The van der Waals surface area contributed by atoms with Crippen LogP contribution in [0.5, 0.6) is 0 Å². The number of rotatable bonds is 7. The highest BCUT2D eigenvalue weighted by Gasteiger charge is 1.99. The maximum Gasteiger partial charge on any atom is 0.0861 e. The second kappa shape index (κ2) is 8.33. The maximum atomic E-state index is 8.92. The second-order valence-electron chi connectivity index (χ2n) is 2.26. The molecule has 0 heterocycles. The van der Waals surface area contributed by atoms with Gasteiger partial charge in [-0.15, -0.1) is 0 Å². The van der Waals surface area contributed by atoms with Gasteiger partial charge in [0.2, 0.25) is 0 Å². The Hall–Kier alpha value is 0.230. The van der Waals surface area contributed by atoms with Crippen molar-refractivity contribution in [1.82, 2.24) is 5.32 Å². The molecule has 0 radical (unpaired) electrons. The van der Waals surface area contributed by atoms with Crippen molar-refractivity contribution in [2.45, 2.75) is 13.0 Å². The Balaban J connectivity index is 2.89. The van der Waals surface area contributed by atoms with E-state index in [0.29, 0.717) is 5.75 Å². The van der Waals surface area contributed by atoms with Gasteiger partial charge in [-0.05, 0) is 6.54 Å². The summed E-state index contributed by atoms with van der Waals surface area (Å²) >= 11 is 1.65. The molecule has 1 unspecified atom stereocenters. The summed E-state index contributed by atoms with van der Waals surface area (Å²) in [6, 6.07) is 0. The molecule has 11 heavy (non-hydrogen) atoms. The number of hydrogen-bond donors (Lipinski definition) is 3. The van der Waals surface area contributed by atoms with Crippen molar-refractivity contribution in [1.29, 1.82) is 0 Å². The molecule has 3 N–H and O–H groups in total. The van der Waals surface area contributed by atoms with E-state index in [4.69, 9.17) is 10.2 Å². The maximum absolute atomic E-state index is 8.92. The SMILES string of the molecule is CCNCCSCC(O)CO. The van der Waals surface area contributed by atoms with E-state index in [9.17, 15) is 0 Å². The average molecular weight is 179 g/mol. The van der Waals surface area contributed by atoms with E-state index >= 15 is 0 Å². The lowest BCUT2D eigenvalue weighted by Gasteiger charge is -2.05. The van der Waals surface area contributed by atoms with Crippen molar-refractivity contribution in [2.75, 3.05) is 31.2 Å². The molecule has 0 aliphatic rings. The molecule has 0 aromatic heterocycles. The quantitative estimate of drug-likeness (QED) is 0.469. The molecule has 0 bridgehead atoms. The summed E-state index contributed by atoms with van der Waals surface area (Å²) in [6.07, 6.45) is -0.554. The first-order valence-electron chi connectivity index (χ1n) is 3.88. The zero-order valence-corrected chi connectivity index (χ0v) is 7.73. The summed E-state index contributed by atoms with van der Waals surface area (Å²) in [6.45, 7) is 3.89. The van der Waals surface area contributed by atoms with Crippen LogP contribution in [0.4, 0.5) is 0 Å². The van der Waals surface area contributed by atoms with Crippen LogP contribution in [-0.4, -0.2) is 47.5 Å². The molecule has 0 aliphatic carbocycles. The first kappa shape index (κ1) is 11.2. The predicted molar refractivity (Wildman–Crippen MR) is 49.0 cm³/mol. The van der Waals surface area contributed by atoms with Crippen molar-refractivity contribution in [3.63, 3.8) is 0 Å². The van der Waals surface area contributed by atoms with E-state index in [2.05, 4.69) is 12.2 Å². The predicted octanol–water partition coefficient (Wildman–Crippen LogP) is -0.318. The Morgan fingerprint density at radius 2 is 2.27 bits per heavy atom. The van der Waals surface area contributed by atoms with Crippen LogP contribution in [0.15, 0.2) is 0 Å². The van der Waals surface area contributed by atoms with Crippen LogP contribution in [0.25, 0.3) is 0 Å². The van der Waals surface area contributed by atoms with Crippen LogP contribution in [-0.2, 0) is 0 Å². The first-order valence-corrected chi connectivity index (χ1v) is 5.04. The van der Waals surface area contributed by atoms with Gasteiger partial charge in [-0.2, -0.15) is 11.8 Å². The van der Waals surface area contributed by atoms with Crippen molar-refractivity contribution >= 4 is 11.8 Å². The van der Waals surface area contributed by atoms with Crippen molar-refractivity contribution in [3.8, 4) is 0 Å². The molecule has 0 saturated heterocycles. The van der Waals surface area contributed by atoms with Gasteiger partial charge in [0.05, 0.1) is 12.7 Å². The lowest BCUT2D eigenvalue weighted by molar-refractivity contribution is 0.113. The molecule has 0 spiro atoms. The Bertz CT molecular complexity index is 82.8. The first-order chi connectivity index (χ1) is 5.31. The normalized spacial score (nSPS) is 13.4. The minimum atomic E-state index is -0.554. The fourth-order valence-corrected chi connectivity index (χ4v) is 1.43. The van der Waals surface area contributed by atoms with Crippen LogP contribution in [0.3, 0.4) is 0 Å². The number of nitrogens with one attached hydrogen (secondary N) is 1. The van der Waals surface area contributed by atoms with Crippen molar-refractivity contribution < 1.29 is 10.2 Å². The summed E-state index contributed by atoms with van der Waals surface area (Å²) < 4.78 is 0. The van der Waals surface area contributed by atoms with Gasteiger partial charge in [0, 0.05) is 18.1 Å². The van der Waals surface area contributed by atoms with Crippen molar-refractivity contribution in [2.24, 2.45) is 0 Å². The number of thioether (sulfide) groups is 1. The summed E-state index contributed by atoms with van der Waals surface area (Å²) in [4.78, 5) is 0. The standard InChI is InChI=1S/C7H17NO2S/c1-2-8-3-4-11-6-7(10)5-9/h7-10H,2-6H2,1H3. The molecule has 0 amide bonds. The van der Waals surface area contributed by atoms with Gasteiger partial charge in [-0.25, -0.2) is 0 Å². The van der Waals surface area contributed by atoms with E-state index in [1.807, 2.05) is 0 Å². The van der Waals surface area contributed by atoms with Gasteiger partial charge < -0.3 is 15.5 Å². The summed E-state index contributed by atoms with van der Waals surface area (Å²) in [5.74, 6) is 1.62. The molecule has 68 valence electrons. The zero-order chi connectivity index (χ0) is 8.53. The number of hydrogen-bond acceptors (Lipinski definition) is 4. The number of aliphatic hydroxyl groups is 2. The van der Waals surface area contributed by atoms with Crippen LogP contribution >= 0.6 is 11.8 Å². The topological polar surface area (TPSA) is 52.5 Å². The van der Waals surface area contributed by atoms with Crippen LogP contribution < -0.4 is 5.32 Å². The average Bonchev–Trinajstić information content (AvgIpc) is 2.04. The second-order valence-corrected chi connectivity index (χ2v) is 3.41. The molecule has 3 nitrogen and oxygen atoms in total. The molecule has 0 rings (SSSR count). The lowest BCUT2D eigenvalue weighted by Crippen LogP contribution is -2.19. The Kier molecular flexibility index (Phi) is 8.50. The fourth-order valence-electron chi connectivity index (χ4n) is 0.593.